The molecule has 1 N–H and O–H groups in total. The second kappa shape index (κ2) is 8.38. The van der Waals surface area contributed by atoms with Gasteiger partial charge in [0.15, 0.2) is 0 Å². The normalized spacial score (nSPS) is 15.2. The number of anilines is 2. The summed E-state index contributed by atoms with van der Waals surface area (Å²) in [5.41, 5.74) is -1.18. The van der Waals surface area contributed by atoms with Crippen molar-refractivity contribution in [3.8, 4) is 0 Å². The summed E-state index contributed by atoms with van der Waals surface area (Å²) in [6, 6.07) is 3.57. The SMILES string of the molecule is C[C@@H](Nc1nc(Cl)nc2cnc(N3CCCC3)cc12)c1cc([N+](=O)[O-])cc(C(F)(F)F)c1. The molecule has 3 heterocycles. The van der Waals surface area contributed by atoms with E-state index in [1.807, 2.05) is 0 Å². The zero-order valence-corrected chi connectivity index (χ0v) is 17.6. The number of hydrogen-bond acceptors (Lipinski definition) is 7. The fourth-order valence-corrected chi connectivity index (χ4v) is 3.84. The van der Waals surface area contributed by atoms with Crippen LogP contribution in [0.1, 0.15) is 36.9 Å². The number of aromatic nitrogens is 3. The zero-order valence-electron chi connectivity index (χ0n) is 16.9. The average Bonchev–Trinajstić information content (AvgIpc) is 3.27. The second-order valence-corrected chi connectivity index (χ2v) is 7.87. The molecule has 1 fully saturated rings. The van der Waals surface area contributed by atoms with Gasteiger partial charge < -0.3 is 10.2 Å². The fraction of sp³-hybridized carbons (Fsp3) is 0.350. The number of hydrogen-bond donors (Lipinski definition) is 1. The van der Waals surface area contributed by atoms with Crippen LogP contribution in [0.2, 0.25) is 5.28 Å². The summed E-state index contributed by atoms with van der Waals surface area (Å²) in [6.45, 7) is 3.34. The van der Waals surface area contributed by atoms with Gasteiger partial charge in [0.25, 0.3) is 5.69 Å². The van der Waals surface area contributed by atoms with Crippen LogP contribution in [-0.4, -0.2) is 33.0 Å². The fourth-order valence-electron chi connectivity index (χ4n) is 3.66. The van der Waals surface area contributed by atoms with E-state index in [1.165, 1.54) is 0 Å². The molecule has 8 nitrogen and oxygen atoms in total. The molecule has 0 spiro atoms. The molecule has 0 saturated carbocycles. The van der Waals surface area contributed by atoms with Gasteiger partial charge in [-0.3, -0.25) is 10.1 Å². The smallest absolute Gasteiger partial charge is 0.363 e. The summed E-state index contributed by atoms with van der Waals surface area (Å²) in [5.74, 6) is 1.04. The van der Waals surface area contributed by atoms with Gasteiger partial charge in [-0.05, 0) is 49.1 Å². The van der Waals surface area contributed by atoms with Crippen molar-refractivity contribution in [3.05, 3.63) is 57.0 Å². The lowest BCUT2D eigenvalue weighted by Crippen LogP contribution is -2.19. The number of nitrogens with zero attached hydrogens (tertiary/aromatic N) is 5. The van der Waals surface area contributed by atoms with Gasteiger partial charge in [-0.1, -0.05) is 0 Å². The number of nitro groups is 1. The molecule has 4 rings (SSSR count). The summed E-state index contributed by atoms with van der Waals surface area (Å²) in [6.07, 6.45) is -1.02. The number of benzene rings is 1. The molecule has 0 amide bonds. The van der Waals surface area contributed by atoms with Crippen LogP contribution < -0.4 is 10.2 Å². The van der Waals surface area contributed by atoms with E-state index in [-0.39, 0.29) is 10.8 Å². The van der Waals surface area contributed by atoms with Gasteiger partial charge in [0.1, 0.15) is 11.6 Å². The van der Waals surface area contributed by atoms with E-state index in [0.717, 1.165) is 43.9 Å². The Kier molecular flexibility index (Phi) is 5.76. The molecule has 12 heteroatoms. The van der Waals surface area contributed by atoms with Crippen LogP contribution in [0.15, 0.2) is 30.5 Å². The summed E-state index contributed by atoms with van der Waals surface area (Å²) >= 11 is 6.03. The van der Waals surface area contributed by atoms with Crippen LogP contribution in [0, 0.1) is 10.1 Å². The Labute approximate surface area is 185 Å². The van der Waals surface area contributed by atoms with Crippen LogP contribution in [-0.2, 0) is 6.18 Å². The maximum absolute atomic E-state index is 13.3. The van der Waals surface area contributed by atoms with E-state index in [2.05, 4.69) is 25.2 Å². The standard InChI is InChI=1S/C20H18ClF3N6O2/c1-11(12-6-13(20(22,23)24)8-14(7-12)30(31)32)26-18-15-9-17(29-4-2-3-5-29)25-10-16(15)27-19(21)28-18/h6-11H,2-5H2,1H3,(H,26,27,28)/t11-/m1/s1. The molecule has 1 aromatic carbocycles. The van der Waals surface area contributed by atoms with Gasteiger partial charge in [0, 0.05) is 30.6 Å². The van der Waals surface area contributed by atoms with E-state index < -0.39 is 28.4 Å². The molecule has 1 aliphatic rings. The topological polar surface area (TPSA) is 97.1 Å². The molecular weight excluding hydrogens is 449 g/mol. The quantitative estimate of drug-likeness (QED) is 0.306. The lowest BCUT2D eigenvalue weighted by atomic mass is 10.0. The van der Waals surface area contributed by atoms with Gasteiger partial charge in [-0.15, -0.1) is 0 Å². The van der Waals surface area contributed by atoms with Gasteiger partial charge in [0.05, 0.1) is 28.2 Å². The minimum absolute atomic E-state index is 0.0575. The van der Waals surface area contributed by atoms with Gasteiger partial charge in [-0.25, -0.2) is 15.0 Å². The Morgan fingerprint density at radius 1 is 1.19 bits per heavy atom. The number of rotatable bonds is 5. The van der Waals surface area contributed by atoms with Crippen LogP contribution in [0.5, 0.6) is 0 Å². The Hall–Kier alpha value is -3.21. The van der Waals surface area contributed by atoms with Crippen LogP contribution in [0.25, 0.3) is 10.9 Å². The zero-order chi connectivity index (χ0) is 23.0. The van der Waals surface area contributed by atoms with Crippen molar-refractivity contribution in [2.45, 2.75) is 32.0 Å². The van der Waals surface area contributed by atoms with Crippen molar-refractivity contribution in [1.82, 2.24) is 15.0 Å². The highest BCUT2D eigenvalue weighted by molar-refractivity contribution is 6.28. The predicted octanol–water partition coefficient (Wildman–Crippen LogP) is 5.38. The van der Waals surface area contributed by atoms with Crippen LogP contribution in [0.4, 0.5) is 30.5 Å². The first-order valence-electron chi connectivity index (χ1n) is 9.83. The van der Waals surface area contributed by atoms with E-state index >= 15 is 0 Å². The molecule has 3 aromatic rings. The van der Waals surface area contributed by atoms with Crippen LogP contribution >= 0.6 is 11.6 Å². The molecule has 1 atom stereocenters. The number of nitro benzene ring substituents is 1. The third kappa shape index (κ3) is 4.52. The average molecular weight is 467 g/mol. The van der Waals surface area contributed by atoms with Crippen molar-refractivity contribution in [1.29, 1.82) is 0 Å². The number of nitrogens with one attached hydrogen (secondary N) is 1. The number of non-ortho nitro benzene ring substituents is 1. The molecule has 0 aliphatic carbocycles. The lowest BCUT2D eigenvalue weighted by molar-refractivity contribution is -0.385. The number of alkyl halides is 3. The van der Waals surface area contributed by atoms with Crippen molar-refractivity contribution < 1.29 is 18.1 Å². The van der Waals surface area contributed by atoms with Crippen molar-refractivity contribution in [2.75, 3.05) is 23.3 Å². The van der Waals surface area contributed by atoms with E-state index in [4.69, 9.17) is 11.6 Å². The van der Waals surface area contributed by atoms with Crippen molar-refractivity contribution >= 4 is 39.8 Å². The predicted molar refractivity (Wildman–Crippen MR) is 114 cm³/mol. The molecular formula is C20H18ClF3N6O2. The second-order valence-electron chi connectivity index (χ2n) is 7.53. The maximum atomic E-state index is 13.3. The lowest BCUT2D eigenvalue weighted by Gasteiger charge is -2.20. The third-order valence-corrected chi connectivity index (χ3v) is 5.47. The minimum Gasteiger partial charge on any atom is -0.363 e. The highest BCUT2D eigenvalue weighted by atomic mass is 35.5. The highest BCUT2D eigenvalue weighted by Gasteiger charge is 2.33. The molecule has 2 aromatic heterocycles. The third-order valence-electron chi connectivity index (χ3n) is 5.30. The first kappa shape index (κ1) is 22.0. The molecule has 0 radical (unpaired) electrons. The largest absolute Gasteiger partial charge is 0.416 e. The summed E-state index contributed by atoms with van der Waals surface area (Å²) < 4.78 is 39.8. The summed E-state index contributed by atoms with van der Waals surface area (Å²) in [5, 5.41) is 14.7. The summed E-state index contributed by atoms with van der Waals surface area (Å²) in [7, 11) is 0. The van der Waals surface area contributed by atoms with Gasteiger partial charge in [-0.2, -0.15) is 13.2 Å². The van der Waals surface area contributed by atoms with Gasteiger partial charge in [0.2, 0.25) is 5.28 Å². The molecule has 1 saturated heterocycles. The Bertz CT molecular complexity index is 1180. The minimum atomic E-state index is -4.72. The van der Waals surface area contributed by atoms with E-state index in [1.54, 1.807) is 19.2 Å². The number of halogens is 4. The molecule has 0 bridgehead atoms. The molecule has 168 valence electrons. The highest BCUT2D eigenvalue weighted by Crippen LogP contribution is 2.35. The maximum Gasteiger partial charge on any atom is 0.416 e. The van der Waals surface area contributed by atoms with E-state index in [0.29, 0.717) is 22.8 Å². The van der Waals surface area contributed by atoms with Crippen molar-refractivity contribution in [2.24, 2.45) is 0 Å². The molecule has 1 aliphatic heterocycles. The Morgan fingerprint density at radius 2 is 1.91 bits per heavy atom. The Balaban J connectivity index is 1.73. The van der Waals surface area contributed by atoms with Gasteiger partial charge >= 0.3 is 6.18 Å². The number of pyridine rings is 1. The van der Waals surface area contributed by atoms with E-state index in [9.17, 15) is 23.3 Å². The molecule has 0 unspecified atom stereocenters. The van der Waals surface area contributed by atoms with Crippen molar-refractivity contribution in [3.63, 3.8) is 0 Å². The van der Waals surface area contributed by atoms with Crippen LogP contribution in [0.3, 0.4) is 0 Å². The monoisotopic (exact) mass is 466 g/mol. The Morgan fingerprint density at radius 3 is 2.56 bits per heavy atom. The summed E-state index contributed by atoms with van der Waals surface area (Å²) in [4.78, 5) is 25.2. The first-order chi connectivity index (χ1) is 15.1. The number of fused-ring (bicyclic) bond motifs is 1. The first-order valence-corrected chi connectivity index (χ1v) is 10.2. The molecule has 32 heavy (non-hydrogen) atoms.